The molecular formula is C16H17FN2OS. The largest absolute Gasteiger partial charge is 0.466 e. The Morgan fingerprint density at radius 3 is 2.57 bits per heavy atom. The van der Waals surface area contributed by atoms with Crippen molar-refractivity contribution >= 4 is 23.3 Å². The lowest BCUT2D eigenvalue weighted by Crippen LogP contribution is -2.07. The maximum atomic E-state index is 13.7. The quantitative estimate of drug-likeness (QED) is 0.678. The third-order valence-electron chi connectivity index (χ3n) is 3.91. The third kappa shape index (κ3) is 2.21. The molecule has 1 atom stereocenters. The van der Waals surface area contributed by atoms with E-state index in [1.165, 1.54) is 6.07 Å². The van der Waals surface area contributed by atoms with Crippen LogP contribution in [-0.4, -0.2) is 9.55 Å². The average Bonchev–Trinajstić information content (AvgIpc) is 2.89. The van der Waals surface area contributed by atoms with Gasteiger partial charge in [-0.15, -0.1) is 0 Å². The van der Waals surface area contributed by atoms with Crippen LogP contribution in [0.15, 0.2) is 22.6 Å². The van der Waals surface area contributed by atoms with Gasteiger partial charge in [0.1, 0.15) is 17.3 Å². The van der Waals surface area contributed by atoms with Crippen LogP contribution in [0.5, 0.6) is 0 Å². The number of nitrogens with one attached hydrogen (secondary N) is 1. The molecule has 21 heavy (non-hydrogen) atoms. The van der Waals surface area contributed by atoms with Crippen LogP contribution in [-0.2, 0) is 0 Å². The molecule has 0 saturated heterocycles. The van der Waals surface area contributed by atoms with Gasteiger partial charge < -0.3 is 14.0 Å². The van der Waals surface area contributed by atoms with Crippen molar-refractivity contribution in [1.29, 1.82) is 0 Å². The molecule has 1 aromatic carbocycles. The Morgan fingerprint density at radius 2 is 1.95 bits per heavy atom. The molecule has 2 heterocycles. The van der Waals surface area contributed by atoms with Crippen molar-refractivity contribution in [3.05, 3.63) is 51.4 Å². The zero-order chi connectivity index (χ0) is 15.3. The molecule has 1 unspecified atom stereocenters. The second kappa shape index (κ2) is 4.84. The lowest BCUT2D eigenvalue weighted by molar-refractivity contribution is 0.495. The molecule has 3 rings (SSSR count). The normalized spacial score (nSPS) is 13.0. The predicted molar refractivity (Wildman–Crippen MR) is 83.8 cm³/mol. The maximum absolute atomic E-state index is 13.7. The van der Waals surface area contributed by atoms with Crippen LogP contribution >= 0.6 is 12.2 Å². The summed E-state index contributed by atoms with van der Waals surface area (Å²) in [4.78, 5) is 3.08. The molecule has 0 fully saturated rings. The highest BCUT2D eigenvalue weighted by Gasteiger charge is 2.18. The molecule has 110 valence electrons. The number of H-pyrrole nitrogens is 1. The monoisotopic (exact) mass is 304 g/mol. The first-order valence-corrected chi connectivity index (χ1v) is 7.26. The van der Waals surface area contributed by atoms with Crippen LogP contribution in [0.2, 0.25) is 0 Å². The summed E-state index contributed by atoms with van der Waals surface area (Å²) < 4.78 is 21.9. The van der Waals surface area contributed by atoms with Gasteiger partial charge in [-0.1, -0.05) is 0 Å². The molecule has 1 N–H and O–H groups in total. The van der Waals surface area contributed by atoms with Crippen LogP contribution in [0.1, 0.15) is 35.6 Å². The number of furan rings is 1. The summed E-state index contributed by atoms with van der Waals surface area (Å²) in [5.74, 6) is 1.53. The molecule has 0 aliphatic rings. The topological polar surface area (TPSA) is 33.9 Å². The zero-order valence-electron chi connectivity index (χ0n) is 12.5. The van der Waals surface area contributed by atoms with E-state index < -0.39 is 0 Å². The molecule has 3 aromatic rings. The van der Waals surface area contributed by atoms with Crippen LogP contribution in [0, 0.1) is 31.4 Å². The molecule has 3 nitrogen and oxygen atoms in total. The van der Waals surface area contributed by atoms with Gasteiger partial charge in [0.2, 0.25) is 0 Å². The minimum Gasteiger partial charge on any atom is -0.466 e. The summed E-state index contributed by atoms with van der Waals surface area (Å²) in [6, 6.07) is 5.37. The van der Waals surface area contributed by atoms with Gasteiger partial charge in [-0.3, -0.25) is 0 Å². The molecule has 0 bridgehead atoms. The summed E-state index contributed by atoms with van der Waals surface area (Å²) in [7, 11) is 0. The first kappa shape index (κ1) is 14.1. The fraction of sp³-hybridized carbons (Fsp3) is 0.312. The number of aryl methyl sites for hydroxylation is 3. The van der Waals surface area contributed by atoms with Crippen molar-refractivity contribution in [2.45, 2.75) is 33.7 Å². The van der Waals surface area contributed by atoms with E-state index in [1.807, 2.05) is 30.5 Å². The van der Waals surface area contributed by atoms with E-state index in [4.69, 9.17) is 16.6 Å². The molecule has 0 saturated carbocycles. The SMILES string of the molecule is Cc1cc(C(C)n2c(=S)[nH]c3cc(F)c(C)cc32)c(C)o1. The van der Waals surface area contributed by atoms with Gasteiger partial charge in [0.25, 0.3) is 0 Å². The summed E-state index contributed by atoms with van der Waals surface area (Å²) in [6.07, 6.45) is 0. The van der Waals surface area contributed by atoms with Crippen LogP contribution in [0.3, 0.4) is 0 Å². The Morgan fingerprint density at radius 1 is 1.24 bits per heavy atom. The van der Waals surface area contributed by atoms with Crippen LogP contribution < -0.4 is 0 Å². The molecular weight excluding hydrogens is 287 g/mol. The van der Waals surface area contributed by atoms with Gasteiger partial charge in [-0.2, -0.15) is 0 Å². The highest BCUT2D eigenvalue weighted by Crippen LogP contribution is 2.29. The average molecular weight is 304 g/mol. The van der Waals surface area contributed by atoms with Crippen molar-refractivity contribution in [3.8, 4) is 0 Å². The number of benzene rings is 1. The fourth-order valence-corrected chi connectivity index (χ4v) is 3.21. The van der Waals surface area contributed by atoms with Crippen molar-refractivity contribution in [2.75, 3.05) is 0 Å². The zero-order valence-corrected chi connectivity index (χ0v) is 13.3. The minimum atomic E-state index is -0.228. The second-order valence-electron chi connectivity index (χ2n) is 5.46. The van der Waals surface area contributed by atoms with Gasteiger partial charge in [0, 0.05) is 5.56 Å². The number of imidazole rings is 1. The van der Waals surface area contributed by atoms with Gasteiger partial charge in [-0.25, -0.2) is 4.39 Å². The van der Waals surface area contributed by atoms with Crippen molar-refractivity contribution in [1.82, 2.24) is 9.55 Å². The molecule has 2 aromatic heterocycles. The van der Waals surface area contributed by atoms with E-state index in [0.717, 1.165) is 22.6 Å². The maximum Gasteiger partial charge on any atom is 0.178 e. The Bertz CT molecular complexity index is 888. The number of halogens is 1. The van der Waals surface area contributed by atoms with Gasteiger partial charge >= 0.3 is 0 Å². The Hall–Kier alpha value is -1.88. The van der Waals surface area contributed by atoms with Crippen LogP contribution in [0.4, 0.5) is 4.39 Å². The molecule has 0 spiro atoms. The number of rotatable bonds is 2. The molecule has 0 radical (unpaired) electrons. The number of aromatic amines is 1. The molecule has 0 aliphatic carbocycles. The van der Waals surface area contributed by atoms with Gasteiger partial charge in [-0.05, 0) is 63.7 Å². The van der Waals surface area contributed by atoms with E-state index in [-0.39, 0.29) is 11.9 Å². The minimum absolute atomic E-state index is 0.0218. The van der Waals surface area contributed by atoms with Crippen molar-refractivity contribution < 1.29 is 8.81 Å². The second-order valence-corrected chi connectivity index (χ2v) is 5.85. The van der Waals surface area contributed by atoms with E-state index in [0.29, 0.717) is 15.9 Å². The van der Waals surface area contributed by atoms with E-state index in [1.54, 1.807) is 6.92 Å². The Labute approximate surface area is 127 Å². The van der Waals surface area contributed by atoms with E-state index in [9.17, 15) is 4.39 Å². The summed E-state index contributed by atoms with van der Waals surface area (Å²) in [5, 5.41) is 0. The highest BCUT2D eigenvalue weighted by molar-refractivity contribution is 7.71. The molecule has 0 amide bonds. The molecule has 0 aliphatic heterocycles. The Balaban J connectivity index is 2.24. The van der Waals surface area contributed by atoms with Crippen LogP contribution in [0.25, 0.3) is 11.0 Å². The molecule has 5 heteroatoms. The number of fused-ring (bicyclic) bond motifs is 1. The van der Waals surface area contributed by atoms with E-state index >= 15 is 0 Å². The van der Waals surface area contributed by atoms with Gasteiger partial charge in [0.15, 0.2) is 4.77 Å². The lowest BCUT2D eigenvalue weighted by atomic mass is 10.1. The number of nitrogens with zero attached hydrogens (tertiary/aromatic N) is 1. The van der Waals surface area contributed by atoms with E-state index in [2.05, 4.69) is 11.9 Å². The first-order valence-electron chi connectivity index (χ1n) is 6.85. The Kier molecular flexibility index (Phi) is 3.24. The first-order chi connectivity index (χ1) is 9.88. The van der Waals surface area contributed by atoms with Gasteiger partial charge in [0.05, 0.1) is 17.1 Å². The fourth-order valence-electron chi connectivity index (χ4n) is 2.84. The standard InChI is InChI=1S/C16H17FN2OS/c1-8-5-15-14(7-13(8)17)18-16(21)19(15)10(3)12-6-9(2)20-11(12)4/h5-7,10H,1-4H3,(H,18,21). The summed E-state index contributed by atoms with van der Waals surface area (Å²) >= 11 is 5.42. The number of hydrogen-bond acceptors (Lipinski definition) is 2. The number of hydrogen-bond donors (Lipinski definition) is 1. The predicted octanol–water partition coefficient (Wildman–Crippen LogP) is 4.97. The highest BCUT2D eigenvalue weighted by atomic mass is 32.1. The lowest BCUT2D eigenvalue weighted by Gasteiger charge is -2.14. The van der Waals surface area contributed by atoms with Crippen molar-refractivity contribution in [2.24, 2.45) is 0 Å². The summed E-state index contributed by atoms with van der Waals surface area (Å²) in [5.41, 5.74) is 3.32. The number of aromatic nitrogens is 2. The van der Waals surface area contributed by atoms with Crippen molar-refractivity contribution in [3.63, 3.8) is 0 Å². The smallest absolute Gasteiger partial charge is 0.178 e. The summed E-state index contributed by atoms with van der Waals surface area (Å²) in [6.45, 7) is 7.70. The third-order valence-corrected chi connectivity index (χ3v) is 4.21.